The monoisotopic (exact) mass is 255 g/mol. The number of benzene rings is 2. The molecule has 2 aromatic rings. The second-order valence-corrected chi connectivity index (χ2v) is 4.65. The fraction of sp³-hybridized carbons (Fsp3) is 0.188. The summed E-state index contributed by atoms with van der Waals surface area (Å²) in [5, 5.41) is 12.5. The van der Waals surface area contributed by atoms with Gasteiger partial charge in [-0.1, -0.05) is 18.2 Å². The fourth-order valence-corrected chi connectivity index (χ4v) is 1.95. The Kier molecular flexibility index (Phi) is 3.56. The van der Waals surface area contributed by atoms with Crippen LogP contribution in [0.15, 0.2) is 36.4 Å². The summed E-state index contributed by atoms with van der Waals surface area (Å²) >= 11 is 0. The topological polar surface area (TPSA) is 49.3 Å². The molecule has 0 heterocycles. The molecule has 0 spiro atoms. The van der Waals surface area contributed by atoms with Crippen molar-refractivity contribution in [3.8, 4) is 5.75 Å². The van der Waals surface area contributed by atoms with Crippen LogP contribution in [-0.2, 0) is 0 Å². The predicted molar refractivity (Wildman–Crippen MR) is 76.7 cm³/mol. The zero-order valence-electron chi connectivity index (χ0n) is 11.3. The molecule has 2 rings (SSSR count). The lowest BCUT2D eigenvalue weighted by atomic mass is 10.1. The summed E-state index contributed by atoms with van der Waals surface area (Å²) in [4.78, 5) is 12.2. The molecule has 3 heteroatoms. The molecule has 1 amide bonds. The minimum absolute atomic E-state index is 0.133. The van der Waals surface area contributed by atoms with E-state index in [1.807, 2.05) is 32.0 Å². The number of nitrogens with one attached hydrogen (secondary N) is 1. The zero-order chi connectivity index (χ0) is 14.0. The van der Waals surface area contributed by atoms with Crippen LogP contribution in [0.5, 0.6) is 5.75 Å². The van der Waals surface area contributed by atoms with E-state index in [9.17, 15) is 9.90 Å². The minimum atomic E-state index is -0.206. The highest BCUT2D eigenvalue weighted by atomic mass is 16.3. The summed E-state index contributed by atoms with van der Waals surface area (Å²) in [7, 11) is 0. The smallest absolute Gasteiger partial charge is 0.256 e. The Hall–Kier alpha value is -2.29. The molecular formula is C16H17NO2. The van der Waals surface area contributed by atoms with Crippen LogP contribution in [0.2, 0.25) is 0 Å². The number of carbonyl (C=O) groups excluding carboxylic acids is 1. The van der Waals surface area contributed by atoms with Gasteiger partial charge in [-0.2, -0.15) is 0 Å². The fourth-order valence-electron chi connectivity index (χ4n) is 1.95. The number of aromatic hydroxyl groups is 1. The molecule has 3 nitrogen and oxygen atoms in total. The lowest BCUT2D eigenvalue weighted by molar-refractivity contribution is 0.102. The van der Waals surface area contributed by atoms with Gasteiger partial charge in [0.05, 0.1) is 0 Å². The van der Waals surface area contributed by atoms with Crippen LogP contribution in [0.1, 0.15) is 27.0 Å². The lowest BCUT2D eigenvalue weighted by Gasteiger charge is -2.12. The Bertz CT molecular complexity index is 633. The van der Waals surface area contributed by atoms with Gasteiger partial charge < -0.3 is 10.4 Å². The first-order valence-electron chi connectivity index (χ1n) is 6.17. The van der Waals surface area contributed by atoms with Crippen LogP contribution in [0.3, 0.4) is 0 Å². The molecule has 2 N–H and O–H groups in total. The second kappa shape index (κ2) is 5.14. The molecule has 0 aliphatic rings. The number of hydrogen-bond donors (Lipinski definition) is 2. The molecule has 0 atom stereocenters. The first-order chi connectivity index (χ1) is 9.00. The summed E-state index contributed by atoms with van der Waals surface area (Å²) in [5.41, 5.74) is 4.05. The Morgan fingerprint density at radius 3 is 2.42 bits per heavy atom. The number of rotatable bonds is 2. The SMILES string of the molecule is Cc1cccc(NC(=O)c2cccc(O)c2C)c1C. The van der Waals surface area contributed by atoms with E-state index in [-0.39, 0.29) is 11.7 Å². The van der Waals surface area contributed by atoms with Crippen molar-refractivity contribution >= 4 is 11.6 Å². The standard InChI is InChI=1S/C16H17NO2/c1-10-6-4-8-14(11(10)2)17-16(19)13-7-5-9-15(18)12(13)3/h4-9,18H,1-3H3,(H,17,19). The minimum Gasteiger partial charge on any atom is -0.508 e. The quantitative estimate of drug-likeness (QED) is 0.861. The number of hydrogen-bond acceptors (Lipinski definition) is 2. The van der Waals surface area contributed by atoms with Gasteiger partial charge in [0.2, 0.25) is 0 Å². The number of carbonyl (C=O) groups is 1. The Morgan fingerprint density at radius 1 is 1.00 bits per heavy atom. The Morgan fingerprint density at radius 2 is 1.68 bits per heavy atom. The third kappa shape index (κ3) is 2.60. The van der Waals surface area contributed by atoms with E-state index in [4.69, 9.17) is 0 Å². The predicted octanol–water partition coefficient (Wildman–Crippen LogP) is 3.57. The van der Waals surface area contributed by atoms with E-state index >= 15 is 0 Å². The molecule has 2 aromatic carbocycles. The molecule has 0 saturated carbocycles. The van der Waals surface area contributed by atoms with Crippen molar-refractivity contribution in [2.75, 3.05) is 5.32 Å². The molecule has 0 saturated heterocycles. The maximum atomic E-state index is 12.2. The van der Waals surface area contributed by atoms with Gasteiger partial charge >= 0.3 is 0 Å². The van der Waals surface area contributed by atoms with Crippen LogP contribution < -0.4 is 5.32 Å². The molecule has 0 aromatic heterocycles. The Labute approximate surface area is 112 Å². The normalized spacial score (nSPS) is 10.3. The van der Waals surface area contributed by atoms with Gasteiger partial charge in [0.1, 0.15) is 5.75 Å². The molecule has 0 aliphatic carbocycles. The number of phenols is 1. The van der Waals surface area contributed by atoms with Gasteiger partial charge in [-0.05, 0) is 50.1 Å². The van der Waals surface area contributed by atoms with E-state index in [1.54, 1.807) is 25.1 Å². The van der Waals surface area contributed by atoms with E-state index in [0.29, 0.717) is 11.1 Å². The summed E-state index contributed by atoms with van der Waals surface area (Å²) in [6.45, 7) is 5.71. The molecule has 0 radical (unpaired) electrons. The van der Waals surface area contributed by atoms with Crippen LogP contribution in [0.4, 0.5) is 5.69 Å². The van der Waals surface area contributed by atoms with Crippen LogP contribution in [0, 0.1) is 20.8 Å². The van der Waals surface area contributed by atoms with Gasteiger partial charge in [-0.25, -0.2) is 0 Å². The van der Waals surface area contributed by atoms with Crippen molar-refractivity contribution in [2.24, 2.45) is 0 Å². The van der Waals surface area contributed by atoms with Gasteiger partial charge in [-0.3, -0.25) is 4.79 Å². The molecular weight excluding hydrogens is 238 g/mol. The van der Waals surface area contributed by atoms with Gasteiger partial charge in [0.25, 0.3) is 5.91 Å². The molecule has 0 aliphatic heterocycles. The summed E-state index contributed by atoms with van der Waals surface area (Å²) in [6, 6.07) is 10.7. The third-order valence-corrected chi connectivity index (χ3v) is 3.40. The van der Waals surface area contributed by atoms with Gasteiger partial charge in [0.15, 0.2) is 0 Å². The largest absolute Gasteiger partial charge is 0.508 e. The maximum Gasteiger partial charge on any atom is 0.256 e. The molecule has 19 heavy (non-hydrogen) atoms. The highest BCUT2D eigenvalue weighted by Crippen LogP contribution is 2.22. The van der Waals surface area contributed by atoms with Crippen LogP contribution in [0.25, 0.3) is 0 Å². The first kappa shape index (κ1) is 13.1. The van der Waals surface area contributed by atoms with Crippen molar-refractivity contribution in [2.45, 2.75) is 20.8 Å². The first-order valence-corrected chi connectivity index (χ1v) is 6.17. The van der Waals surface area contributed by atoms with Crippen LogP contribution >= 0.6 is 0 Å². The molecule has 0 fully saturated rings. The van der Waals surface area contributed by atoms with Crippen molar-refractivity contribution in [1.29, 1.82) is 0 Å². The van der Waals surface area contributed by atoms with Gasteiger partial charge in [0, 0.05) is 16.8 Å². The average Bonchev–Trinajstić information content (AvgIpc) is 2.38. The zero-order valence-corrected chi connectivity index (χ0v) is 11.3. The van der Waals surface area contributed by atoms with Crippen molar-refractivity contribution in [3.05, 3.63) is 58.7 Å². The maximum absolute atomic E-state index is 12.2. The molecule has 98 valence electrons. The van der Waals surface area contributed by atoms with Crippen molar-refractivity contribution in [3.63, 3.8) is 0 Å². The number of anilines is 1. The van der Waals surface area contributed by atoms with E-state index in [1.165, 1.54) is 0 Å². The summed E-state index contributed by atoms with van der Waals surface area (Å²) in [6.07, 6.45) is 0. The molecule has 0 bridgehead atoms. The average molecular weight is 255 g/mol. The van der Waals surface area contributed by atoms with E-state index in [0.717, 1.165) is 16.8 Å². The van der Waals surface area contributed by atoms with E-state index in [2.05, 4.69) is 5.32 Å². The number of amides is 1. The highest BCUT2D eigenvalue weighted by molar-refractivity contribution is 6.06. The Balaban J connectivity index is 2.31. The summed E-state index contributed by atoms with van der Waals surface area (Å²) < 4.78 is 0. The summed E-state index contributed by atoms with van der Waals surface area (Å²) in [5.74, 6) is -0.0734. The lowest BCUT2D eigenvalue weighted by Crippen LogP contribution is -2.14. The third-order valence-electron chi connectivity index (χ3n) is 3.40. The highest BCUT2D eigenvalue weighted by Gasteiger charge is 2.12. The number of aryl methyl sites for hydroxylation is 1. The second-order valence-electron chi connectivity index (χ2n) is 4.65. The van der Waals surface area contributed by atoms with Crippen molar-refractivity contribution < 1.29 is 9.90 Å². The van der Waals surface area contributed by atoms with E-state index < -0.39 is 0 Å². The van der Waals surface area contributed by atoms with Crippen LogP contribution in [-0.4, -0.2) is 11.0 Å². The van der Waals surface area contributed by atoms with Crippen molar-refractivity contribution in [1.82, 2.24) is 0 Å². The molecule has 0 unspecified atom stereocenters. The van der Waals surface area contributed by atoms with Gasteiger partial charge in [-0.15, -0.1) is 0 Å². The number of phenolic OH excluding ortho intramolecular Hbond substituents is 1.